The van der Waals surface area contributed by atoms with Gasteiger partial charge in [-0.3, -0.25) is 0 Å². The molecule has 0 atom stereocenters. The molecule has 0 unspecified atom stereocenters. The quantitative estimate of drug-likeness (QED) is 0.485. The Labute approximate surface area is 45.5 Å². The molecule has 0 N–H and O–H groups in total. The summed E-state index contributed by atoms with van der Waals surface area (Å²) in [4.78, 5) is 9.76. The molecule has 0 aliphatic carbocycles. The van der Waals surface area contributed by atoms with Gasteiger partial charge in [-0.2, -0.15) is 0 Å². The average molecular weight is 112 g/mol. The molecule has 1 heterocycles. The van der Waals surface area contributed by atoms with Crippen molar-refractivity contribution in [2.45, 2.75) is 12.6 Å². The lowest BCUT2D eigenvalue weighted by Gasteiger charge is -1.86. The van der Waals surface area contributed by atoms with Gasteiger partial charge in [0.05, 0.1) is 0 Å². The third-order valence-electron chi connectivity index (χ3n) is 0.717. The van der Waals surface area contributed by atoms with Crippen LogP contribution in [-0.4, -0.2) is 12.5 Å². The molecule has 5 nitrogen and oxygen atoms in total. The van der Waals surface area contributed by atoms with E-state index in [1.54, 1.807) is 0 Å². The van der Waals surface area contributed by atoms with Gasteiger partial charge in [0.1, 0.15) is 6.29 Å². The predicted octanol–water partition coefficient (Wildman–Crippen LogP) is 0.735. The molecule has 0 radical (unpaired) electrons. The largest absolute Gasteiger partial charge is 0.303 e. The van der Waals surface area contributed by atoms with Crippen LogP contribution in [0.15, 0.2) is 20.7 Å². The summed E-state index contributed by atoms with van der Waals surface area (Å²) in [5.41, 5.74) is 0. The third-order valence-corrected chi connectivity index (χ3v) is 0.717. The molecule has 5 heteroatoms. The Bertz CT molecular complexity index is 128. The minimum atomic E-state index is -0.340. The topological polar surface area (TPSA) is 66.5 Å². The summed E-state index contributed by atoms with van der Waals surface area (Å²) in [6.45, 7) is 0. The Balaban J connectivity index is 2.37. The standard InChI is InChI=1S/C3H4N4O/c8-2-1-3-4-6-7-5-3/h2-3H,1H2. The van der Waals surface area contributed by atoms with Crippen molar-refractivity contribution in [3.8, 4) is 0 Å². The van der Waals surface area contributed by atoms with E-state index in [-0.39, 0.29) is 12.6 Å². The molecule has 0 saturated heterocycles. The van der Waals surface area contributed by atoms with Crippen LogP contribution in [0.2, 0.25) is 0 Å². The fraction of sp³-hybridized carbons (Fsp3) is 0.667. The van der Waals surface area contributed by atoms with Gasteiger partial charge in [0.2, 0.25) is 0 Å². The van der Waals surface area contributed by atoms with Crippen molar-refractivity contribution in [1.82, 2.24) is 0 Å². The number of aldehydes is 1. The van der Waals surface area contributed by atoms with E-state index in [9.17, 15) is 4.79 Å². The molecule has 0 amide bonds. The highest BCUT2D eigenvalue weighted by Crippen LogP contribution is 2.05. The fourth-order valence-corrected chi connectivity index (χ4v) is 0.369. The Morgan fingerprint density at radius 1 is 1.38 bits per heavy atom. The van der Waals surface area contributed by atoms with Gasteiger partial charge >= 0.3 is 0 Å². The lowest BCUT2D eigenvalue weighted by atomic mass is 10.4. The van der Waals surface area contributed by atoms with Crippen LogP contribution >= 0.6 is 0 Å². The minimum absolute atomic E-state index is 0.285. The Morgan fingerprint density at radius 3 is 2.50 bits per heavy atom. The maximum atomic E-state index is 9.76. The van der Waals surface area contributed by atoms with Crippen molar-refractivity contribution >= 4 is 6.29 Å². The SMILES string of the molecule is O=CCC1N=NN=N1. The minimum Gasteiger partial charge on any atom is -0.303 e. The average Bonchev–Trinajstić information content (AvgIpc) is 2.19. The molecule has 42 valence electrons. The zero-order valence-corrected chi connectivity index (χ0v) is 4.06. The van der Waals surface area contributed by atoms with Crippen molar-refractivity contribution in [2.24, 2.45) is 20.7 Å². The van der Waals surface area contributed by atoms with E-state index in [0.29, 0.717) is 0 Å². The number of rotatable bonds is 2. The van der Waals surface area contributed by atoms with E-state index in [2.05, 4.69) is 20.7 Å². The predicted molar refractivity (Wildman–Crippen MR) is 24.2 cm³/mol. The Kier molecular flexibility index (Phi) is 1.41. The second-order valence-electron chi connectivity index (χ2n) is 1.29. The molecule has 0 aromatic carbocycles. The van der Waals surface area contributed by atoms with Crippen molar-refractivity contribution in [2.75, 3.05) is 0 Å². The maximum Gasteiger partial charge on any atom is 0.192 e. The lowest BCUT2D eigenvalue weighted by Crippen LogP contribution is -1.95. The highest BCUT2D eigenvalue weighted by molar-refractivity contribution is 5.50. The maximum absolute atomic E-state index is 9.76. The van der Waals surface area contributed by atoms with Gasteiger partial charge in [-0.25, -0.2) is 0 Å². The van der Waals surface area contributed by atoms with Crippen LogP contribution in [0, 0.1) is 0 Å². The van der Waals surface area contributed by atoms with E-state index in [1.807, 2.05) is 0 Å². The summed E-state index contributed by atoms with van der Waals surface area (Å²) in [6.07, 6.45) is 0.689. The lowest BCUT2D eigenvalue weighted by molar-refractivity contribution is -0.108. The van der Waals surface area contributed by atoms with Gasteiger partial charge in [-0.15, -0.1) is 10.2 Å². The Hall–Kier alpha value is -1.13. The van der Waals surface area contributed by atoms with Crippen LogP contribution in [0.1, 0.15) is 6.42 Å². The molecule has 0 spiro atoms. The molecule has 0 aromatic rings. The molecular weight excluding hydrogens is 108 g/mol. The number of carbonyl (C=O) groups is 1. The fourth-order valence-electron chi connectivity index (χ4n) is 0.369. The number of hydrogen-bond donors (Lipinski definition) is 0. The summed E-state index contributed by atoms with van der Waals surface area (Å²) in [5.74, 6) is 0. The molecule has 0 bridgehead atoms. The van der Waals surface area contributed by atoms with Crippen LogP contribution in [0.5, 0.6) is 0 Å². The van der Waals surface area contributed by atoms with Crippen LogP contribution < -0.4 is 0 Å². The highest BCUT2D eigenvalue weighted by Gasteiger charge is 2.06. The zero-order chi connectivity index (χ0) is 5.82. The Morgan fingerprint density at radius 2 is 2.00 bits per heavy atom. The number of nitrogens with zero attached hydrogens (tertiary/aromatic N) is 4. The molecule has 1 aliphatic heterocycles. The van der Waals surface area contributed by atoms with Gasteiger partial charge in [0, 0.05) is 6.42 Å². The van der Waals surface area contributed by atoms with Gasteiger partial charge in [-0.05, 0) is 10.4 Å². The van der Waals surface area contributed by atoms with Crippen LogP contribution in [0.25, 0.3) is 0 Å². The third kappa shape index (κ3) is 0.927. The molecule has 0 saturated carbocycles. The summed E-state index contributed by atoms with van der Waals surface area (Å²) < 4.78 is 0. The first kappa shape index (κ1) is 5.02. The second kappa shape index (κ2) is 2.25. The molecule has 0 fully saturated rings. The summed E-state index contributed by atoms with van der Waals surface area (Å²) in [5, 5.41) is 13.4. The van der Waals surface area contributed by atoms with E-state index in [0.717, 1.165) is 6.29 Å². The van der Waals surface area contributed by atoms with E-state index in [1.165, 1.54) is 0 Å². The first-order chi connectivity index (χ1) is 3.93. The normalized spacial score (nSPS) is 17.5. The van der Waals surface area contributed by atoms with E-state index in [4.69, 9.17) is 0 Å². The van der Waals surface area contributed by atoms with Gasteiger partial charge < -0.3 is 4.79 Å². The molecular formula is C3H4N4O. The van der Waals surface area contributed by atoms with Gasteiger partial charge in [0.25, 0.3) is 0 Å². The van der Waals surface area contributed by atoms with Crippen molar-refractivity contribution < 1.29 is 4.79 Å². The molecule has 0 aromatic heterocycles. The van der Waals surface area contributed by atoms with E-state index >= 15 is 0 Å². The summed E-state index contributed by atoms with van der Waals surface area (Å²) in [7, 11) is 0. The first-order valence-corrected chi connectivity index (χ1v) is 2.17. The number of hydrogen-bond acceptors (Lipinski definition) is 5. The van der Waals surface area contributed by atoms with Crippen LogP contribution in [-0.2, 0) is 4.79 Å². The molecule has 1 rings (SSSR count). The van der Waals surface area contributed by atoms with Crippen molar-refractivity contribution in [3.05, 3.63) is 0 Å². The van der Waals surface area contributed by atoms with Gasteiger partial charge in [0.15, 0.2) is 6.17 Å². The number of carbonyl (C=O) groups excluding carboxylic acids is 1. The van der Waals surface area contributed by atoms with Crippen LogP contribution in [0.4, 0.5) is 0 Å². The summed E-state index contributed by atoms with van der Waals surface area (Å²) in [6, 6.07) is 0. The monoisotopic (exact) mass is 112 g/mol. The second-order valence-corrected chi connectivity index (χ2v) is 1.29. The highest BCUT2D eigenvalue weighted by atomic mass is 16.1. The van der Waals surface area contributed by atoms with E-state index < -0.39 is 0 Å². The van der Waals surface area contributed by atoms with Crippen molar-refractivity contribution in [3.63, 3.8) is 0 Å². The van der Waals surface area contributed by atoms with Crippen molar-refractivity contribution in [1.29, 1.82) is 0 Å². The molecule has 1 aliphatic rings. The zero-order valence-electron chi connectivity index (χ0n) is 4.06. The van der Waals surface area contributed by atoms with Gasteiger partial charge in [-0.1, -0.05) is 0 Å². The summed E-state index contributed by atoms with van der Waals surface area (Å²) >= 11 is 0. The smallest absolute Gasteiger partial charge is 0.192 e. The van der Waals surface area contributed by atoms with Crippen LogP contribution in [0.3, 0.4) is 0 Å². The first-order valence-electron chi connectivity index (χ1n) is 2.17. The molecule has 8 heavy (non-hydrogen) atoms.